The summed E-state index contributed by atoms with van der Waals surface area (Å²) in [6.45, 7) is 5.85. The average molecular weight is 270 g/mol. The second kappa shape index (κ2) is 5.59. The number of nitrogens with one attached hydrogen (secondary N) is 1. The molecule has 1 amide bonds. The van der Waals surface area contributed by atoms with E-state index in [1.54, 1.807) is 20.8 Å². The van der Waals surface area contributed by atoms with Crippen LogP contribution in [0, 0.1) is 0 Å². The van der Waals surface area contributed by atoms with E-state index < -0.39 is 17.7 Å². The molecule has 1 aromatic heterocycles. The third-order valence-corrected chi connectivity index (χ3v) is 2.03. The van der Waals surface area contributed by atoms with Crippen LogP contribution in [0.3, 0.4) is 0 Å². The van der Waals surface area contributed by atoms with Crippen LogP contribution in [0.1, 0.15) is 31.1 Å². The van der Waals surface area contributed by atoms with Gasteiger partial charge in [0.1, 0.15) is 11.2 Å². The SMILES string of the molecule is CC(C)(C)OC(=O)NCCn1cc(C(=O)O)c(N)n1. The van der Waals surface area contributed by atoms with Gasteiger partial charge in [-0.2, -0.15) is 5.10 Å². The molecule has 19 heavy (non-hydrogen) atoms. The fourth-order valence-corrected chi connectivity index (χ4v) is 1.30. The van der Waals surface area contributed by atoms with E-state index in [-0.39, 0.29) is 17.9 Å². The first-order valence-corrected chi connectivity index (χ1v) is 5.72. The van der Waals surface area contributed by atoms with Gasteiger partial charge in [0.25, 0.3) is 0 Å². The van der Waals surface area contributed by atoms with Gasteiger partial charge in [0.2, 0.25) is 0 Å². The summed E-state index contributed by atoms with van der Waals surface area (Å²) in [5.74, 6) is -1.19. The maximum Gasteiger partial charge on any atom is 0.407 e. The number of rotatable bonds is 4. The van der Waals surface area contributed by atoms with Crippen molar-refractivity contribution in [1.82, 2.24) is 15.1 Å². The molecule has 8 heteroatoms. The summed E-state index contributed by atoms with van der Waals surface area (Å²) in [5.41, 5.74) is 4.82. The number of carbonyl (C=O) groups is 2. The van der Waals surface area contributed by atoms with Crippen LogP contribution in [-0.4, -0.2) is 39.1 Å². The lowest BCUT2D eigenvalue weighted by molar-refractivity contribution is 0.0524. The topological polar surface area (TPSA) is 119 Å². The van der Waals surface area contributed by atoms with Crippen molar-refractivity contribution in [2.75, 3.05) is 12.3 Å². The number of hydrogen-bond acceptors (Lipinski definition) is 5. The van der Waals surface area contributed by atoms with Crippen LogP contribution >= 0.6 is 0 Å². The zero-order valence-electron chi connectivity index (χ0n) is 11.1. The molecule has 0 aliphatic carbocycles. The summed E-state index contributed by atoms with van der Waals surface area (Å²) in [7, 11) is 0. The second-order valence-electron chi connectivity index (χ2n) is 4.92. The Balaban J connectivity index is 2.44. The molecule has 0 saturated carbocycles. The number of amides is 1. The predicted molar refractivity (Wildman–Crippen MR) is 67.8 cm³/mol. The Bertz CT molecular complexity index is 476. The number of hydrogen-bond donors (Lipinski definition) is 3. The number of carbonyl (C=O) groups excluding carboxylic acids is 1. The molecule has 0 bridgehead atoms. The van der Waals surface area contributed by atoms with Crippen LogP contribution in [0.25, 0.3) is 0 Å². The number of alkyl carbamates (subject to hydrolysis) is 1. The molecule has 1 heterocycles. The highest BCUT2D eigenvalue weighted by Crippen LogP contribution is 2.08. The number of aromatic carboxylic acids is 1. The molecule has 8 nitrogen and oxygen atoms in total. The zero-order valence-corrected chi connectivity index (χ0v) is 11.1. The monoisotopic (exact) mass is 270 g/mol. The molecule has 0 saturated heterocycles. The molecule has 0 aliphatic heterocycles. The molecule has 0 radical (unpaired) electrons. The van der Waals surface area contributed by atoms with Crippen molar-refractivity contribution in [3.05, 3.63) is 11.8 Å². The van der Waals surface area contributed by atoms with E-state index in [1.807, 2.05) is 0 Å². The number of aromatic nitrogens is 2. The van der Waals surface area contributed by atoms with Gasteiger partial charge in [0, 0.05) is 12.7 Å². The molecule has 4 N–H and O–H groups in total. The minimum absolute atomic E-state index is 0.0511. The zero-order chi connectivity index (χ0) is 14.6. The van der Waals surface area contributed by atoms with Crippen molar-refractivity contribution in [1.29, 1.82) is 0 Å². The highest BCUT2D eigenvalue weighted by Gasteiger charge is 2.16. The van der Waals surface area contributed by atoms with E-state index in [4.69, 9.17) is 15.6 Å². The number of nitrogens with two attached hydrogens (primary N) is 1. The van der Waals surface area contributed by atoms with Crippen molar-refractivity contribution >= 4 is 17.9 Å². The lowest BCUT2D eigenvalue weighted by Crippen LogP contribution is -2.34. The Labute approximate surface area is 110 Å². The maximum atomic E-state index is 11.3. The summed E-state index contributed by atoms with van der Waals surface area (Å²) < 4.78 is 6.40. The van der Waals surface area contributed by atoms with Gasteiger partial charge in [-0.1, -0.05) is 0 Å². The molecule has 1 rings (SSSR count). The van der Waals surface area contributed by atoms with Crippen molar-refractivity contribution in [2.24, 2.45) is 0 Å². The van der Waals surface area contributed by atoms with Crippen LogP contribution in [-0.2, 0) is 11.3 Å². The summed E-state index contributed by atoms with van der Waals surface area (Å²) in [6, 6.07) is 0. The van der Waals surface area contributed by atoms with E-state index >= 15 is 0 Å². The first-order chi connectivity index (χ1) is 8.69. The molecule has 0 fully saturated rings. The fourth-order valence-electron chi connectivity index (χ4n) is 1.30. The molecule has 0 aliphatic rings. The van der Waals surface area contributed by atoms with Crippen LogP contribution < -0.4 is 11.1 Å². The molecular weight excluding hydrogens is 252 g/mol. The van der Waals surface area contributed by atoms with Crippen molar-refractivity contribution in [2.45, 2.75) is 32.9 Å². The maximum absolute atomic E-state index is 11.3. The first kappa shape index (κ1) is 14.8. The Morgan fingerprint density at radius 3 is 2.63 bits per heavy atom. The third kappa shape index (κ3) is 4.86. The average Bonchev–Trinajstić information content (AvgIpc) is 2.57. The lowest BCUT2D eigenvalue weighted by atomic mass is 10.2. The van der Waals surface area contributed by atoms with Gasteiger partial charge < -0.3 is 20.9 Å². The van der Waals surface area contributed by atoms with E-state index in [0.717, 1.165) is 0 Å². The minimum Gasteiger partial charge on any atom is -0.477 e. The van der Waals surface area contributed by atoms with Crippen LogP contribution in [0.2, 0.25) is 0 Å². The highest BCUT2D eigenvalue weighted by molar-refractivity contribution is 5.92. The normalized spacial score (nSPS) is 11.1. The predicted octanol–water partition coefficient (Wildman–Crippen LogP) is 0.688. The van der Waals surface area contributed by atoms with Gasteiger partial charge >= 0.3 is 12.1 Å². The standard InChI is InChI=1S/C11H18N4O4/c1-11(2,3)19-10(18)13-4-5-15-6-7(9(16)17)8(12)14-15/h6H,4-5H2,1-3H3,(H2,12,14)(H,13,18)(H,16,17). The highest BCUT2D eigenvalue weighted by atomic mass is 16.6. The van der Waals surface area contributed by atoms with Crippen molar-refractivity contribution in [3.63, 3.8) is 0 Å². The quantitative estimate of drug-likeness (QED) is 0.740. The van der Waals surface area contributed by atoms with Crippen molar-refractivity contribution < 1.29 is 19.4 Å². The molecule has 0 aromatic carbocycles. The van der Waals surface area contributed by atoms with Gasteiger partial charge in [-0.05, 0) is 20.8 Å². The first-order valence-electron chi connectivity index (χ1n) is 5.72. The number of ether oxygens (including phenoxy) is 1. The molecular formula is C11H18N4O4. The molecule has 106 valence electrons. The van der Waals surface area contributed by atoms with Gasteiger partial charge in [-0.3, -0.25) is 4.68 Å². The van der Waals surface area contributed by atoms with E-state index in [2.05, 4.69) is 10.4 Å². The van der Waals surface area contributed by atoms with E-state index in [9.17, 15) is 9.59 Å². The van der Waals surface area contributed by atoms with Crippen LogP contribution in [0.5, 0.6) is 0 Å². The molecule has 1 aromatic rings. The van der Waals surface area contributed by atoms with E-state index in [0.29, 0.717) is 6.54 Å². The minimum atomic E-state index is -1.14. The number of anilines is 1. The summed E-state index contributed by atoms with van der Waals surface area (Å²) in [5, 5.41) is 15.2. The Morgan fingerprint density at radius 2 is 2.16 bits per heavy atom. The third-order valence-electron chi connectivity index (χ3n) is 2.03. The smallest absolute Gasteiger partial charge is 0.407 e. The molecule has 0 spiro atoms. The Hall–Kier alpha value is -2.25. The van der Waals surface area contributed by atoms with Crippen LogP contribution in [0.15, 0.2) is 6.20 Å². The number of carboxylic acid groups (broad SMARTS) is 1. The van der Waals surface area contributed by atoms with E-state index in [1.165, 1.54) is 10.9 Å². The number of carboxylic acids is 1. The number of nitrogen functional groups attached to an aromatic ring is 1. The molecule has 0 atom stereocenters. The second-order valence-corrected chi connectivity index (χ2v) is 4.92. The van der Waals surface area contributed by atoms with Crippen molar-refractivity contribution in [3.8, 4) is 0 Å². The Morgan fingerprint density at radius 1 is 1.53 bits per heavy atom. The van der Waals surface area contributed by atoms with Gasteiger partial charge in [-0.15, -0.1) is 0 Å². The summed E-state index contributed by atoms with van der Waals surface area (Å²) >= 11 is 0. The van der Waals surface area contributed by atoms with Gasteiger partial charge in [-0.25, -0.2) is 9.59 Å². The largest absolute Gasteiger partial charge is 0.477 e. The number of nitrogens with zero attached hydrogens (tertiary/aromatic N) is 2. The fraction of sp³-hybridized carbons (Fsp3) is 0.545. The lowest BCUT2D eigenvalue weighted by Gasteiger charge is -2.19. The Kier molecular flexibility index (Phi) is 4.36. The van der Waals surface area contributed by atoms with Gasteiger partial charge in [0.15, 0.2) is 5.82 Å². The van der Waals surface area contributed by atoms with Crippen LogP contribution in [0.4, 0.5) is 10.6 Å². The van der Waals surface area contributed by atoms with Gasteiger partial charge in [0.05, 0.1) is 6.54 Å². The summed E-state index contributed by atoms with van der Waals surface area (Å²) in [6.07, 6.45) is 0.778. The molecule has 0 unspecified atom stereocenters. The summed E-state index contributed by atoms with van der Waals surface area (Å²) in [4.78, 5) is 22.1.